The van der Waals surface area contributed by atoms with E-state index >= 15 is 0 Å². The van der Waals surface area contributed by atoms with Crippen LogP contribution in [-0.4, -0.2) is 41.9 Å². The lowest BCUT2D eigenvalue weighted by molar-refractivity contribution is -0.148. The van der Waals surface area contributed by atoms with E-state index in [4.69, 9.17) is 14.2 Å². The molecule has 0 N–H and O–H groups in total. The van der Waals surface area contributed by atoms with Gasteiger partial charge >= 0.3 is 12.2 Å². The van der Waals surface area contributed by atoms with Gasteiger partial charge in [0.25, 0.3) is 5.72 Å². The SMILES string of the molecule is CCOC(=O)N1N=C(OCC)OC1(CC)C(C)=O. The Morgan fingerprint density at radius 3 is 2.44 bits per heavy atom. The molecule has 1 atom stereocenters. The summed E-state index contributed by atoms with van der Waals surface area (Å²) < 4.78 is 15.3. The molecule has 1 aliphatic heterocycles. The largest absolute Gasteiger partial charge is 0.450 e. The topological polar surface area (TPSA) is 77.4 Å². The van der Waals surface area contributed by atoms with E-state index in [0.29, 0.717) is 6.61 Å². The minimum atomic E-state index is -1.46. The van der Waals surface area contributed by atoms with E-state index in [-0.39, 0.29) is 24.9 Å². The molecule has 1 amide bonds. The fraction of sp³-hybridized carbons (Fsp3) is 0.727. The van der Waals surface area contributed by atoms with Crippen LogP contribution in [0.4, 0.5) is 4.79 Å². The number of ketones is 1. The Kier molecular flexibility index (Phi) is 4.52. The van der Waals surface area contributed by atoms with Crippen LogP contribution >= 0.6 is 0 Å². The molecule has 0 aliphatic carbocycles. The van der Waals surface area contributed by atoms with Gasteiger partial charge in [0, 0.05) is 13.3 Å². The molecule has 0 fully saturated rings. The van der Waals surface area contributed by atoms with Gasteiger partial charge in [-0.2, -0.15) is 0 Å². The highest BCUT2D eigenvalue weighted by Crippen LogP contribution is 2.30. The Morgan fingerprint density at radius 2 is 2.00 bits per heavy atom. The van der Waals surface area contributed by atoms with Gasteiger partial charge in [-0.05, 0) is 13.8 Å². The highest BCUT2D eigenvalue weighted by atomic mass is 16.7. The molecule has 0 aromatic carbocycles. The lowest BCUT2D eigenvalue weighted by Crippen LogP contribution is -2.52. The van der Waals surface area contributed by atoms with E-state index < -0.39 is 11.8 Å². The summed E-state index contributed by atoms with van der Waals surface area (Å²) in [5.74, 6) is -0.337. The van der Waals surface area contributed by atoms with Crippen molar-refractivity contribution in [3.8, 4) is 0 Å². The van der Waals surface area contributed by atoms with Gasteiger partial charge in [0.2, 0.25) is 0 Å². The first-order valence-electron chi connectivity index (χ1n) is 5.90. The minimum Gasteiger partial charge on any atom is -0.450 e. The summed E-state index contributed by atoms with van der Waals surface area (Å²) in [6.07, 6.45) is -0.576. The van der Waals surface area contributed by atoms with Crippen LogP contribution in [0.5, 0.6) is 0 Å². The summed E-state index contributed by atoms with van der Waals surface area (Å²) in [4.78, 5) is 23.5. The van der Waals surface area contributed by atoms with Crippen molar-refractivity contribution >= 4 is 18.0 Å². The number of Topliss-reactive ketones (excluding diaryl/α,β-unsaturated/α-hetero) is 1. The summed E-state index contributed by atoms with van der Waals surface area (Å²) in [5, 5.41) is 4.76. The molecule has 1 rings (SSSR count). The molecule has 0 saturated heterocycles. The van der Waals surface area contributed by atoms with Crippen molar-refractivity contribution in [2.75, 3.05) is 13.2 Å². The Hall–Kier alpha value is -1.79. The molecule has 1 heterocycles. The number of hydrazone groups is 1. The predicted octanol–water partition coefficient (Wildman–Crippen LogP) is 1.48. The normalized spacial score (nSPS) is 22.2. The first-order valence-corrected chi connectivity index (χ1v) is 5.90. The third-order valence-corrected chi connectivity index (χ3v) is 2.52. The van der Waals surface area contributed by atoms with Crippen LogP contribution in [0, 0.1) is 0 Å². The lowest BCUT2D eigenvalue weighted by Gasteiger charge is -2.29. The molecule has 0 radical (unpaired) electrons. The third kappa shape index (κ3) is 2.39. The standard InChI is InChI=1S/C11H18N2O5/c1-5-11(8(4)14)13(10(15)17-7-3)12-9(18-11)16-6-2/h5-7H2,1-4H3. The molecule has 0 saturated carbocycles. The molecule has 18 heavy (non-hydrogen) atoms. The highest BCUT2D eigenvalue weighted by molar-refractivity contribution is 5.92. The van der Waals surface area contributed by atoms with Crippen molar-refractivity contribution in [3.05, 3.63) is 0 Å². The number of ether oxygens (including phenoxy) is 3. The maximum Gasteiger partial charge on any atom is 0.434 e. The smallest absolute Gasteiger partial charge is 0.434 e. The van der Waals surface area contributed by atoms with Crippen LogP contribution in [0.3, 0.4) is 0 Å². The predicted molar refractivity (Wildman–Crippen MR) is 62.7 cm³/mol. The van der Waals surface area contributed by atoms with Gasteiger partial charge in [0.05, 0.1) is 13.2 Å². The molecule has 1 unspecified atom stereocenters. The zero-order valence-electron chi connectivity index (χ0n) is 11.1. The number of amides is 1. The molecule has 1 aliphatic rings. The fourth-order valence-electron chi connectivity index (χ4n) is 1.62. The summed E-state index contributed by atoms with van der Waals surface area (Å²) in [6.45, 7) is 6.99. The molecule has 7 nitrogen and oxygen atoms in total. The van der Waals surface area contributed by atoms with Gasteiger partial charge in [-0.3, -0.25) is 4.79 Å². The number of hydrogen-bond donors (Lipinski definition) is 0. The third-order valence-electron chi connectivity index (χ3n) is 2.52. The summed E-state index contributed by atoms with van der Waals surface area (Å²) >= 11 is 0. The van der Waals surface area contributed by atoms with Gasteiger partial charge in [-0.15, -0.1) is 5.01 Å². The second kappa shape index (κ2) is 5.70. The summed E-state index contributed by atoms with van der Waals surface area (Å²) in [7, 11) is 0. The molecular weight excluding hydrogens is 240 g/mol. The van der Waals surface area contributed by atoms with Crippen LogP contribution < -0.4 is 0 Å². The van der Waals surface area contributed by atoms with Crippen LogP contribution in [0.15, 0.2) is 5.10 Å². The van der Waals surface area contributed by atoms with Crippen molar-refractivity contribution in [3.63, 3.8) is 0 Å². The van der Waals surface area contributed by atoms with E-state index in [2.05, 4.69) is 5.10 Å². The van der Waals surface area contributed by atoms with E-state index in [1.54, 1.807) is 20.8 Å². The number of rotatable bonds is 4. The quantitative estimate of drug-likeness (QED) is 0.763. The fourth-order valence-corrected chi connectivity index (χ4v) is 1.62. The van der Waals surface area contributed by atoms with Crippen molar-refractivity contribution in [1.29, 1.82) is 0 Å². The zero-order chi connectivity index (χ0) is 13.8. The molecule has 7 heteroatoms. The van der Waals surface area contributed by atoms with E-state index in [9.17, 15) is 9.59 Å². The minimum absolute atomic E-state index is 0.0948. The monoisotopic (exact) mass is 258 g/mol. The van der Waals surface area contributed by atoms with Crippen LogP contribution in [0.25, 0.3) is 0 Å². The summed E-state index contributed by atoms with van der Waals surface area (Å²) in [6, 6.07) is 0. The Labute approximate surface area is 106 Å². The maximum absolute atomic E-state index is 11.8. The molecular formula is C11H18N2O5. The van der Waals surface area contributed by atoms with Crippen molar-refractivity contribution in [1.82, 2.24) is 5.01 Å². The van der Waals surface area contributed by atoms with Crippen LogP contribution in [-0.2, 0) is 19.0 Å². The second-order valence-corrected chi connectivity index (χ2v) is 3.61. The average molecular weight is 258 g/mol. The molecule has 0 bridgehead atoms. The number of carbonyl (C=O) groups is 2. The van der Waals surface area contributed by atoms with Gasteiger partial charge in [-0.25, -0.2) is 4.79 Å². The number of nitrogens with zero attached hydrogens (tertiary/aromatic N) is 2. The summed E-state index contributed by atoms with van der Waals surface area (Å²) in [5.41, 5.74) is -1.46. The van der Waals surface area contributed by atoms with Crippen molar-refractivity contribution in [2.45, 2.75) is 39.8 Å². The molecule has 0 spiro atoms. The Bertz CT molecular complexity index is 368. The lowest BCUT2D eigenvalue weighted by atomic mass is 10.1. The maximum atomic E-state index is 11.8. The van der Waals surface area contributed by atoms with E-state index in [0.717, 1.165) is 5.01 Å². The van der Waals surface area contributed by atoms with Crippen LogP contribution in [0.1, 0.15) is 34.1 Å². The van der Waals surface area contributed by atoms with Gasteiger partial charge in [-0.1, -0.05) is 12.0 Å². The first-order chi connectivity index (χ1) is 8.51. The van der Waals surface area contributed by atoms with Crippen LogP contribution in [0.2, 0.25) is 0 Å². The Balaban J connectivity index is 3.03. The van der Waals surface area contributed by atoms with Gasteiger partial charge in [0.15, 0.2) is 5.78 Å². The van der Waals surface area contributed by atoms with E-state index in [1.807, 2.05) is 0 Å². The molecule has 102 valence electrons. The highest BCUT2D eigenvalue weighted by Gasteiger charge is 2.52. The Morgan fingerprint density at radius 1 is 1.33 bits per heavy atom. The number of hydrogen-bond acceptors (Lipinski definition) is 6. The number of carbonyl (C=O) groups excluding carboxylic acids is 2. The average Bonchev–Trinajstić information content (AvgIpc) is 2.70. The molecule has 0 aromatic heterocycles. The van der Waals surface area contributed by atoms with E-state index in [1.165, 1.54) is 6.92 Å². The first kappa shape index (κ1) is 14.3. The van der Waals surface area contributed by atoms with Gasteiger partial charge < -0.3 is 14.2 Å². The van der Waals surface area contributed by atoms with Crippen molar-refractivity contribution < 1.29 is 23.8 Å². The molecule has 0 aromatic rings. The zero-order valence-corrected chi connectivity index (χ0v) is 11.1. The van der Waals surface area contributed by atoms with Crippen molar-refractivity contribution in [2.24, 2.45) is 5.10 Å². The second-order valence-electron chi connectivity index (χ2n) is 3.61. The van der Waals surface area contributed by atoms with Gasteiger partial charge in [0.1, 0.15) is 0 Å².